The lowest BCUT2D eigenvalue weighted by Gasteiger charge is -2.54. The standard InChI is InChI=1S/C17H33NO3/c1-3-9-18-15-14-16(17(15)7-4-5-8-17)21-11-6-10-20-13-12-19-2/h15-16,18H,3-14H2,1-2H3. The molecule has 0 amide bonds. The van der Waals surface area contributed by atoms with Gasteiger partial charge >= 0.3 is 0 Å². The molecule has 2 rings (SSSR count). The average Bonchev–Trinajstić information content (AvgIpc) is 3.00. The van der Waals surface area contributed by atoms with E-state index in [1.807, 2.05) is 0 Å². The second kappa shape index (κ2) is 9.09. The number of rotatable bonds is 11. The first-order chi connectivity index (χ1) is 10.3. The van der Waals surface area contributed by atoms with Crippen LogP contribution in [0.25, 0.3) is 0 Å². The Morgan fingerprint density at radius 2 is 1.90 bits per heavy atom. The van der Waals surface area contributed by atoms with E-state index in [1.165, 1.54) is 38.5 Å². The molecule has 124 valence electrons. The van der Waals surface area contributed by atoms with Gasteiger partial charge in [0, 0.05) is 31.8 Å². The second-order valence-corrected chi connectivity index (χ2v) is 6.50. The van der Waals surface area contributed by atoms with Gasteiger partial charge in [-0.2, -0.15) is 0 Å². The summed E-state index contributed by atoms with van der Waals surface area (Å²) in [6.07, 6.45) is 9.35. The minimum atomic E-state index is 0.450. The van der Waals surface area contributed by atoms with Crippen LogP contribution in [0, 0.1) is 5.41 Å². The lowest BCUT2D eigenvalue weighted by molar-refractivity contribution is -0.135. The van der Waals surface area contributed by atoms with Gasteiger partial charge in [-0.15, -0.1) is 0 Å². The summed E-state index contributed by atoms with van der Waals surface area (Å²) in [6, 6.07) is 0.697. The van der Waals surface area contributed by atoms with Crippen molar-refractivity contribution < 1.29 is 14.2 Å². The zero-order chi connectivity index (χ0) is 15.0. The molecule has 4 nitrogen and oxygen atoms in total. The normalized spacial score (nSPS) is 27.1. The Hall–Kier alpha value is -0.160. The molecule has 2 atom stereocenters. The third-order valence-electron chi connectivity index (χ3n) is 5.14. The molecule has 0 heterocycles. The van der Waals surface area contributed by atoms with E-state index in [1.54, 1.807) is 7.11 Å². The van der Waals surface area contributed by atoms with Crippen LogP contribution in [0.4, 0.5) is 0 Å². The summed E-state index contributed by atoms with van der Waals surface area (Å²) < 4.78 is 16.6. The highest BCUT2D eigenvalue weighted by atomic mass is 16.5. The topological polar surface area (TPSA) is 39.7 Å². The van der Waals surface area contributed by atoms with Crippen LogP contribution in [-0.4, -0.2) is 52.2 Å². The molecule has 0 radical (unpaired) electrons. The van der Waals surface area contributed by atoms with Crippen molar-refractivity contribution in [3.63, 3.8) is 0 Å². The second-order valence-electron chi connectivity index (χ2n) is 6.50. The SMILES string of the molecule is CCCNC1CC(OCCCOCCOC)C12CCCC2. The third-order valence-corrected chi connectivity index (χ3v) is 5.14. The molecule has 2 unspecified atom stereocenters. The van der Waals surface area contributed by atoms with Crippen LogP contribution in [-0.2, 0) is 14.2 Å². The highest BCUT2D eigenvalue weighted by Crippen LogP contribution is 2.54. The van der Waals surface area contributed by atoms with Gasteiger partial charge in [-0.3, -0.25) is 0 Å². The molecule has 2 aliphatic carbocycles. The van der Waals surface area contributed by atoms with Crippen LogP contribution in [0.1, 0.15) is 51.9 Å². The molecule has 2 saturated carbocycles. The predicted octanol–water partition coefficient (Wildman–Crippen LogP) is 2.76. The van der Waals surface area contributed by atoms with E-state index < -0.39 is 0 Å². The van der Waals surface area contributed by atoms with Crippen molar-refractivity contribution >= 4 is 0 Å². The van der Waals surface area contributed by atoms with E-state index in [0.717, 1.165) is 26.2 Å². The first-order valence-electron chi connectivity index (χ1n) is 8.75. The number of hydrogen-bond acceptors (Lipinski definition) is 4. The van der Waals surface area contributed by atoms with Gasteiger partial charge in [0.05, 0.1) is 19.3 Å². The first kappa shape index (κ1) is 17.2. The molecule has 1 spiro atoms. The van der Waals surface area contributed by atoms with E-state index in [2.05, 4.69) is 12.2 Å². The molecule has 2 aliphatic rings. The lowest BCUT2D eigenvalue weighted by Crippen LogP contribution is -2.62. The van der Waals surface area contributed by atoms with E-state index in [4.69, 9.17) is 14.2 Å². The smallest absolute Gasteiger partial charge is 0.0700 e. The monoisotopic (exact) mass is 299 g/mol. The quantitative estimate of drug-likeness (QED) is 0.596. The Bertz CT molecular complexity index is 279. The van der Waals surface area contributed by atoms with Crippen molar-refractivity contribution in [2.24, 2.45) is 5.41 Å². The minimum Gasteiger partial charge on any atom is -0.382 e. The summed E-state index contributed by atoms with van der Waals surface area (Å²) in [7, 11) is 1.70. The fourth-order valence-corrected chi connectivity index (χ4v) is 3.92. The summed E-state index contributed by atoms with van der Waals surface area (Å²) in [5.41, 5.74) is 0.450. The fourth-order valence-electron chi connectivity index (χ4n) is 3.92. The predicted molar refractivity (Wildman–Crippen MR) is 84.7 cm³/mol. The third kappa shape index (κ3) is 4.41. The molecular formula is C17H33NO3. The molecule has 0 bridgehead atoms. The maximum Gasteiger partial charge on any atom is 0.0700 e. The number of methoxy groups -OCH3 is 1. The minimum absolute atomic E-state index is 0.450. The van der Waals surface area contributed by atoms with Gasteiger partial charge in [0.25, 0.3) is 0 Å². The van der Waals surface area contributed by atoms with Gasteiger partial charge in [0.1, 0.15) is 0 Å². The molecule has 1 N–H and O–H groups in total. The Balaban J connectivity index is 1.62. The summed E-state index contributed by atoms with van der Waals surface area (Å²) in [5.74, 6) is 0. The molecule has 0 saturated heterocycles. The Kier molecular flexibility index (Phi) is 7.44. The maximum absolute atomic E-state index is 6.18. The Morgan fingerprint density at radius 1 is 1.10 bits per heavy atom. The van der Waals surface area contributed by atoms with E-state index in [9.17, 15) is 0 Å². The van der Waals surface area contributed by atoms with E-state index in [0.29, 0.717) is 30.8 Å². The summed E-state index contributed by atoms with van der Waals surface area (Å²) >= 11 is 0. The molecule has 21 heavy (non-hydrogen) atoms. The molecule has 0 aliphatic heterocycles. The van der Waals surface area contributed by atoms with Crippen LogP contribution >= 0.6 is 0 Å². The van der Waals surface area contributed by atoms with Gasteiger partial charge in [-0.05, 0) is 38.6 Å². The summed E-state index contributed by atoms with van der Waals surface area (Å²) in [5, 5.41) is 3.74. The molecule has 4 heteroatoms. The highest BCUT2D eigenvalue weighted by molar-refractivity contribution is 5.09. The van der Waals surface area contributed by atoms with Gasteiger partial charge in [0.15, 0.2) is 0 Å². The van der Waals surface area contributed by atoms with Crippen molar-refractivity contribution in [1.29, 1.82) is 0 Å². The van der Waals surface area contributed by atoms with Gasteiger partial charge in [-0.1, -0.05) is 19.8 Å². The van der Waals surface area contributed by atoms with Crippen LogP contribution in [0.15, 0.2) is 0 Å². The summed E-state index contributed by atoms with van der Waals surface area (Å²) in [4.78, 5) is 0. The average molecular weight is 299 g/mol. The highest BCUT2D eigenvalue weighted by Gasteiger charge is 2.56. The largest absolute Gasteiger partial charge is 0.382 e. The zero-order valence-electron chi connectivity index (χ0n) is 13.9. The van der Waals surface area contributed by atoms with Crippen LogP contribution in [0.3, 0.4) is 0 Å². The first-order valence-corrected chi connectivity index (χ1v) is 8.75. The van der Waals surface area contributed by atoms with Crippen molar-refractivity contribution in [1.82, 2.24) is 5.32 Å². The van der Waals surface area contributed by atoms with Crippen LogP contribution in [0.5, 0.6) is 0 Å². The Morgan fingerprint density at radius 3 is 2.62 bits per heavy atom. The van der Waals surface area contributed by atoms with Crippen molar-refractivity contribution in [2.75, 3.05) is 40.1 Å². The number of ether oxygens (including phenoxy) is 3. The molecular weight excluding hydrogens is 266 g/mol. The molecule has 0 aromatic carbocycles. The number of hydrogen-bond donors (Lipinski definition) is 1. The van der Waals surface area contributed by atoms with Crippen molar-refractivity contribution in [2.45, 2.75) is 64.0 Å². The van der Waals surface area contributed by atoms with Crippen LogP contribution < -0.4 is 5.32 Å². The van der Waals surface area contributed by atoms with Crippen molar-refractivity contribution in [3.8, 4) is 0 Å². The molecule has 0 aromatic heterocycles. The van der Waals surface area contributed by atoms with Crippen LogP contribution in [0.2, 0.25) is 0 Å². The van der Waals surface area contributed by atoms with Gasteiger partial charge in [-0.25, -0.2) is 0 Å². The number of nitrogens with one attached hydrogen (secondary N) is 1. The molecule has 2 fully saturated rings. The molecule has 0 aromatic rings. The van der Waals surface area contributed by atoms with Gasteiger partial charge < -0.3 is 19.5 Å². The fraction of sp³-hybridized carbons (Fsp3) is 1.00. The maximum atomic E-state index is 6.18. The Labute approximate surface area is 129 Å². The summed E-state index contributed by atoms with van der Waals surface area (Å²) in [6.45, 7) is 6.36. The van der Waals surface area contributed by atoms with E-state index in [-0.39, 0.29) is 0 Å². The van der Waals surface area contributed by atoms with Crippen molar-refractivity contribution in [3.05, 3.63) is 0 Å². The van der Waals surface area contributed by atoms with E-state index >= 15 is 0 Å². The lowest BCUT2D eigenvalue weighted by atomic mass is 9.60. The van der Waals surface area contributed by atoms with Gasteiger partial charge in [0.2, 0.25) is 0 Å². The zero-order valence-corrected chi connectivity index (χ0v) is 13.9.